The number of aromatic nitrogens is 2. The summed E-state index contributed by atoms with van der Waals surface area (Å²) in [5.41, 5.74) is 6.76. The van der Waals surface area contributed by atoms with Crippen LogP contribution in [-0.4, -0.2) is 27.3 Å². The summed E-state index contributed by atoms with van der Waals surface area (Å²) < 4.78 is 12.0. The molecule has 202 valence electrons. The number of amides is 1. The van der Waals surface area contributed by atoms with Crippen molar-refractivity contribution in [2.45, 2.75) is 38.2 Å². The highest BCUT2D eigenvalue weighted by Crippen LogP contribution is 2.52. The number of anilines is 1. The molecule has 6 rings (SSSR count). The van der Waals surface area contributed by atoms with Crippen LogP contribution >= 0.6 is 22.9 Å². The average Bonchev–Trinajstić information content (AvgIpc) is 3.47. The van der Waals surface area contributed by atoms with Crippen molar-refractivity contribution in [3.05, 3.63) is 88.0 Å². The van der Waals surface area contributed by atoms with Gasteiger partial charge in [0, 0.05) is 21.7 Å². The molecule has 1 unspecified atom stereocenters. The molecule has 5 aromatic rings. The first kappa shape index (κ1) is 26.0. The number of halogens is 1. The van der Waals surface area contributed by atoms with Gasteiger partial charge in [0.2, 0.25) is 0 Å². The van der Waals surface area contributed by atoms with E-state index in [1.807, 2.05) is 48.5 Å². The zero-order valence-electron chi connectivity index (χ0n) is 21.6. The van der Waals surface area contributed by atoms with E-state index in [2.05, 4.69) is 15.5 Å². The van der Waals surface area contributed by atoms with Gasteiger partial charge in [0.15, 0.2) is 5.76 Å². The van der Waals surface area contributed by atoms with Crippen LogP contribution in [0.25, 0.3) is 32.7 Å². The fraction of sp³-hybridized carbons (Fsp3) is 0.200. The summed E-state index contributed by atoms with van der Waals surface area (Å²) >= 11 is 7.70. The van der Waals surface area contributed by atoms with Crippen LogP contribution in [0.4, 0.5) is 10.5 Å². The molecule has 1 saturated carbocycles. The van der Waals surface area contributed by atoms with Crippen molar-refractivity contribution >= 4 is 50.9 Å². The van der Waals surface area contributed by atoms with Crippen molar-refractivity contribution in [2.24, 2.45) is 0 Å². The van der Waals surface area contributed by atoms with Crippen molar-refractivity contribution in [3.63, 3.8) is 0 Å². The monoisotopic (exact) mass is 573 g/mol. The minimum absolute atomic E-state index is 0.401. The number of benzene rings is 3. The Morgan fingerprint density at radius 2 is 1.82 bits per heavy atom. The fourth-order valence-electron chi connectivity index (χ4n) is 4.96. The molecule has 1 amide bonds. The SMILES string of the molecule is Cc1noc(-c2ccc(-c3ccc(C4(C(=O)O)CC4)c4scnc34)cc2)c1NC(=O)OC(C)c1ccccc1Cl. The fourth-order valence-corrected chi connectivity index (χ4v) is 6.18. The minimum Gasteiger partial charge on any atom is -0.481 e. The molecule has 1 aliphatic rings. The van der Waals surface area contributed by atoms with Crippen molar-refractivity contribution in [1.82, 2.24) is 10.1 Å². The molecule has 0 radical (unpaired) electrons. The van der Waals surface area contributed by atoms with Gasteiger partial charge < -0.3 is 14.4 Å². The van der Waals surface area contributed by atoms with Gasteiger partial charge in [0.1, 0.15) is 17.5 Å². The minimum atomic E-state index is -0.799. The molecule has 1 atom stereocenters. The Labute approximate surface area is 238 Å². The first-order valence-corrected chi connectivity index (χ1v) is 13.9. The Kier molecular flexibility index (Phi) is 6.56. The third-order valence-corrected chi connectivity index (χ3v) is 8.54. The van der Waals surface area contributed by atoms with Crippen molar-refractivity contribution < 1.29 is 24.0 Å². The van der Waals surface area contributed by atoms with E-state index in [-0.39, 0.29) is 0 Å². The number of fused-ring (bicyclic) bond motifs is 1. The van der Waals surface area contributed by atoms with Gasteiger partial charge in [-0.2, -0.15) is 0 Å². The summed E-state index contributed by atoms with van der Waals surface area (Å²) in [6, 6.07) is 18.7. The number of hydrogen-bond acceptors (Lipinski definition) is 7. The highest BCUT2D eigenvalue weighted by molar-refractivity contribution is 7.17. The van der Waals surface area contributed by atoms with Crippen LogP contribution in [-0.2, 0) is 14.9 Å². The number of aryl methyl sites for hydroxylation is 1. The lowest BCUT2D eigenvalue weighted by atomic mass is 9.92. The number of rotatable bonds is 7. The lowest BCUT2D eigenvalue weighted by Crippen LogP contribution is -2.19. The number of carboxylic acids is 1. The number of nitrogens with zero attached hydrogens (tertiary/aromatic N) is 2. The lowest BCUT2D eigenvalue weighted by Gasteiger charge is -2.15. The van der Waals surface area contributed by atoms with Crippen molar-refractivity contribution in [2.75, 3.05) is 5.32 Å². The molecule has 3 aromatic carbocycles. The second-order valence-corrected chi connectivity index (χ2v) is 11.1. The number of ether oxygens (including phenoxy) is 1. The van der Waals surface area contributed by atoms with Crippen LogP contribution in [0, 0.1) is 6.92 Å². The van der Waals surface area contributed by atoms with Crippen LogP contribution in [0.3, 0.4) is 0 Å². The van der Waals surface area contributed by atoms with Crippen LogP contribution in [0.15, 0.2) is 70.7 Å². The number of nitrogens with one attached hydrogen (secondary N) is 1. The molecule has 1 aliphatic carbocycles. The predicted molar refractivity (Wildman–Crippen MR) is 154 cm³/mol. The Morgan fingerprint density at radius 1 is 1.10 bits per heavy atom. The molecule has 2 N–H and O–H groups in total. The van der Waals surface area contributed by atoms with Crippen LogP contribution < -0.4 is 5.32 Å². The smallest absolute Gasteiger partial charge is 0.412 e. The Hall–Kier alpha value is -4.21. The molecule has 2 aromatic heterocycles. The Balaban J connectivity index is 1.24. The van der Waals surface area contributed by atoms with Gasteiger partial charge in [-0.1, -0.05) is 71.4 Å². The van der Waals surface area contributed by atoms with E-state index in [4.69, 9.17) is 20.9 Å². The quantitative estimate of drug-likeness (QED) is 0.203. The normalized spacial score (nSPS) is 14.6. The lowest BCUT2D eigenvalue weighted by molar-refractivity contribution is -0.140. The third kappa shape index (κ3) is 4.51. The maximum Gasteiger partial charge on any atom is 0.412 e. The van der Waals surface area contributed by atoms with Gasteiger partial charge in [0.25, 0.3) is 0 Å². The van der Waals surface area contributed by atoms with Crippen LogP contribution in [0.1, 0.15) is 42.7 Å². The molecular weight excluding hydrogens is 550 g/mol. The van der Waals surface area contributed by atoms with E-state index in [0.717, 1.165) is 26.9 Å². The number of carbonyl (C=O) groups is 2. The van der Waals surface area contributed by atoms with Gasteiger partial charge in [-0.3, -0.25) is 10.1 Å². The molecule has 8 nitrogen and oxygen atoms in total. The summed E-state index contributed by atoms with van der Waals surface area (Å²) in [7, 11) is 0. The number of hydrogen-bond donors (Lipinski definition) is 2. The molecule has 0 spiro atoms. The standard InChI is InChI=1S/C30H24ClN3O5S/c1-16-24(33-29(37)38-17(2)20-5-3-4-6-23(20)31)26(39-34-16)19-9-7-18(8-10-19)21-11-12-22(27-25(21)32-15-40-27)30(13-14-30)28(35)36/h3-12,15,17H,13-14H2,1-2H3,(H,33,37)(H,35,36). The van der Waals surface area contributed by atoms with E-state index in [9.17, 15) is 14.7 Å². The number of thiazole rings is 1. The summed E-state index contributed by atoms with van der Waals surface area (Å²) in [5, 5.41) is 17.1. The van der Waals surface area contributed by atoms with E-state index in [1.54, 1.807) is 31.5 Å². The largest absolute Gasteiger partial charge is 0.481 e. The summed E-state index contributed by atoms with van der Waals surface area (Å²) in [6.07, 6.45) is 0.0687. The van der Waals surface area contributed by atoms with Crippen molar-refractivity contribution in [3.8, 4) is 22.5 Å². The summed E-state index contributed by atoms with van der Waals surface area (Å²) in [4.78, 5) is 29.2. The molecular formula is C30H24ClN3O5S. The molecule has 0 saturated heterocycles. The molecule has 2 heterocycles. The maximum atomic E-state index is 12.7. The summed E-state index contributed by atoms with van der Waals surface area (Å²) in [6.45, 7) is 3.48. The predicted octanol–water partition coefficient (Wildman–Crippen LogP) is 8.01. The molecule has 40 heavy (non-hydrogen) atoms. The van der Waals surface area contributed by atoms with Crippen LogP contribution in [0.5, 0.6) is 0 Å². The third-order valence-electron chi connectivity index (χ3n) is 7.33. The van der Waals surface area contributed by atoms with E-state index in [0.29, 0.717) is 46.1 Å². The highest BCUT2D eigenvalue weighted by atomic mass is 35.5. The molecule has 10 heteroatoms. The van der Waals surface area contributed by atoms with Gasteiger partial charge >= 0.3 is 12.1 Å². The van der Waals surface area contributed by atoms with E-state index >= 15 is 0 Å². The topological polar surface area (TPSA) is 115 Å². The van der Waals surface area contributed by atoms with Crippen molar-refractivity contribution in [1.29, 1.82) is 0 Å². The zero-order valence-corrected chi connectivity index (χ0v) is 23.2. The second-order valence-electron chi connectivity index (χ2n) is 9.82. The summed E-state index contributed by atoms with van der Waals surface area (Å²) in [5.74, 6) is -0.383. The number of aliphatic carboxylic acids is 1. The highest BCUT2D eigenvalue weighted by Gasteiger charge is 2.52. The number of carbonyl (C=O) groups excluding carboxylic acids is 1. The Bertz CT molecular complexity index is 1760. The molecule has 0 aliphatic heterocycles. The van der Waals surface area contributed by atoms with E-state index < -0.39 is 23.6 Å². The number of carboxylic acid groups (broad SMARTS) is 1. The van der Waals surface area contributed by atoms with Gasteiger partial charge in [0.05, 0.1) is 21.1 Å². The van der Waals surface area contributed by atoms with Gasteiger partial charge in [-0.25, -0.2) is 9.78 Å². The van der Waals surface area contributed by atoms with Gasteiger partial charge in [-0.05, 0) is 43.9 Å². The van der Waals surface area contributed by atoms with Gasteiger partial charge in [-0.15, -0.1) is 11.3 Å². The van der Waals surface area contributed by atoms with Crippen LogP contribution in [0.2, 0.25) is 5.02 Å². The first-order chi connectivity index (χ1) is 19.3. The maximum absolute atomic E-state index is 12.7. The molecule has 0 bridgehead atoms. The Morgan fingerprint density at radius 3 is 2.52 bits per heavy atom. The zero-order chi connectivity index (χ0) is 28.0. The molecule has 1 fully saturated rings. The second kappa shape index (κ2) is 10.1. The average molecular weight is 574 g/mol. The van der Waals surface area contributed by atoms with E-state index in [1.165, 1.54) is 11.3 Å². The first-order valence-electron chi connectivity index (χ1n) is 12.7.